The molecular weight excluding hydrogens is 228 g/mol. The lowest BCUT2D eigenvalue weighted by molar-refractivity contribution is 0.549. The quantitative estimate of drug-likeness (QED) is 0.761. The van der Waals surface area contributed by atoms with Crippen molar-refractivity contribution in [2.24, 2.45) is 5.73 Å². The molecule has 0 aliphatic heterocycles. The molecular formula is C14H22N2S. The summed E-state index contributed by atoms with van der Waals surface area (Å²) >= 11 is 1.85. The highest BCUT2D eigenvalue weighted by Gasteiger charge is 2.11. The van der Waals surface area contributed by atoms with Gasteiger partial charge in [-0.2, -0.15) is 0 Å². The zero-order valence-corrected chi connectivity index (χ0v) is 11.4. The summed E-state index contributed by atoms with van der Waals surface area (Å²) < 4.78 is 0. The van der Waals surface area contributed by atoms with Crippen LogP contribution in [0.25, 0.3) is 0 Å². The molecule has 0 bridgehead atoms. The van der Waals surface area contributed by atoms with Crippen LogP contribution in [0.3, 0.4) is 0 Å². The molecule has 1 atom stereocenters. The van der Waals surface area contributed by atoms with Gasteiger partial charge in [0.05, 0.1) is 6.04 Å². The molecule has 1 aromatic heterocycles. The van der Waals surface area contributed by atoms with Crippen molar-refractivity contribution >= 4 is 11.3 Å². The maximum Gasteiger partial charge on any atom is 0.0539 e. The van der Waals surface area contributed by atoms with Crippen molar-refractivity contribution in [3.8, 4) is 0 Å². The van der Waals surface area contributed by atoms with E-state index in [4.69, 9.17) is 5.73 Å². The van der Waals surface area contributed by atoms with Gasteiger partial charge in [-0.05, 0) is 51.3 Å². The number of aryl methyl sites for hydroxylation is 1. The Balaban J connectivity index is 1.79. The largest absolute Gasteiger partial charge is 0.329 e. The first-order valence-corrected chi connectivity index (χ1v) is 7.29. The number of nitrogens with two attached hydrogens (primary N) is 1. The van der Waals surface area contributed by atoms with Gasteiger partial charge in [-0.1, -0.05) is 11.6 Å². The van der Waals surface area contributed by atoms with Crippen molar-refractivity contribution in [3.63, 3.8) is 0 Å². The third-order valence-electron chi connectivity index (χ3n) is 3.31. The van der Waals surface area contributed by atoms with Crippen molar-refractivity contribution in [3.05, 3.63) is 33.5 Å². The van der Waals surface area contributed by atoms with Crippen LogP contribution in [0.5, 0.6) is 0 Å². The molecule has 0 aromatic carbocycles. The van der Waals surface area contributed by atoms with Gasteiger partial charge in [0, 0.05) is 16.3 Å². The number of hydrogen-bond donors (Lipinski definition) is 2. The van der Waals surface area contributed by atoms with Gasteiger partial charge in [0.25, 0.3) is 0 Å². The molecule has 1 unspecified atom stereocenters. The second-order valence-corrected chi connectivity index (χ2v) is 6.01. The minimum Gasteiger partial charge on any atom is -0.329 e. The third kappa shape index (κ3) is 3.66. The molecule has 0 spiro atoms. The fraction of sp³-hybridized carbons (Fsp3) is 0.571. The highest BCUT2D eigenvalue weighted by Crippen LogP contribution is 2.23. The van der Waals surface area contributed by atoms with Gasteiger partial charge in [0.2, 0.25) is 0 Å². The smallest absolute Gasteiger partial charge is 0.0539 e. The van der Waals surface area contributed by atoms with E-state index >= 15 is 0 Å². The second kappa shape index (κ2) is 6.34. The molecule has 0 amide bonds. The van der Waals surface area contributed by atoms with Gasteiger partial charge in [0.1, 0.15) is 0 Å². The number of thiophene rings is 1. The predicted molar refractivity (Wildman–Crippen MR) is 75.4 cm³/mol. The fourth-order valence-electron chi connectivity index (χ4n) is 2.31. The number of hydrogen-bond acceptors (Lipinski definition) is 3. The van der Waals surface area contributed by atoms with E-state index < -0.39 is 0 Å². The average Bonchev–Trinajstić information content (AvgIpc) is 2.96. The van der Waals surface area contributed by atoms with Crippen LogP contribution in [0.2, 0.25) is 0 Å². The van der Waals surface area contributed by atoms with Crippen LogP contribution in [0, 0.1) is 6.92 Å². The van der Waals surface area contributed by atoms with Crippen LogP contribution in [0.4, 0.5) is 0 Å². The van der Waals surface area contributed by atoms with Gasteiger partial charge in [-0.25, -0.2) is 0 Å². The first-order chi connectivity index (χ1) is 8.29. The Kier molecular flexibility index (Phi) is 4.77. The lowest BCUT2D eigenvalue weighted by Crippen LogP contribution is -2.28. The predicted octanol–water partition coefficient (Wildman–Crippen LogP) is 3.15. The standard InChI is InChI=1S/C14H22N2S/c1-11-6-7-14(17-11)13(10-15)16-9-8-12-4-2-3-5-12/h4,6-7,13,16H,2-3,5,8-10,15H2,1H3. The van der Waals surface area contributed by atoms with E-state index in [1.807, 2.05) is 11.3 Å². The molecule has 2 rings (SSSR count). The Bertz CT molecular complexity index is 381. The Labute approximate surface area is 108 Å². The van der Waals surface area contributed by atoms with E-state index in [1.165, 1.54) is 35.4 Å². The minimum atomic E-state index is 0.329. The first-order valence-electron chi connectivity index (χ1n) is 6.47. The van der Waals surface area contributed by atoms with E-state index in [0.29, 0.717) is 12.6 Å². The molecule has 0 saturated carbocycles. The molecule has 0 fully saturated rings. The number of rotatable bonds is 6. The molecule has 17 heavy (non-hydrogen) atoms. The normalized spacial score (nSPS) is 17.2. The number of allylic oxidation sites excluding steroid dienone is 1. The summed E-state index contributed by atoms with van der Waals surface area (Å²) in [6, 6.07) is 4.69. The van der Waals surface area contributed by atoms with E-state index in [9.17, 15) is 0 Å². The topological polar surface area (TPSA) is 38.0 Å². The lowest BCUT2D eigenvalue weighted by Gasteiger charge is -2.15. The highest BCUT2D eigenvalue weighted by atomic mass is 32.1. The van der Waals surface area contributed by atoms with Crippen molar-refractivity contribution in [2.45, 2.75) is 38.6 Å². The van der Waals surface area contributed by atoms with Crippen LogP contribution in [-0.2, 0) is 0 Å². The summed E-state index contributed by atoms with van der Waals surface area (Å²) in [6.07, 6.45) is 7.50. The van der Waals surface area contributed by atoms with Crippen molar-refractivity contribution in [2.75, 3.05) is 13.1 Å². The summed E-state index contributed by atoms with van der Waals surface area (Å²) in [6.45, 7) is 3.87. The monoisotopic (exact) mass is 250 g/mol. The summed E-state index contributed by atoms with van der Waals surface area (Å²) in [5.41, 5.74) is 7.46. The Morgan fingerprint density at radius 2 is 2.35 bits per heavy atom. The van der Waals surface area contributed by atoms with E-state index in [2.05, 4.69) is 30.4 Å². The second-order valence-electron chi connectivity index (χ2n) is 4.70. The van der Waals surface area contributed by atoms with Gasteiger partial charge < -0.3 is 11.1 Å². The van der Waals surface area contributed by atoms with Gasteiger partial charge in [-0.15, -0.1) is 11.3 Å². The SMILES string of the molecule is Cc1ccc(C(CN)NCCC2=CCCC2)s1. The van der Waals surface area contributed by atoms with E-state index in [-0.39, 0.29) is 0 Å². The highest BCUT2D eigenvalue weighted by molar-refractivity contribution is 7.12. The molecule has 2 nitrogen and oxygen atoms in total. The van der Waals surface area contributed by atoms with Gasteiger partial charge in [-0.3, -0.25) is 0 Å². The van der Waals surface area contributed by atoms with Crippen LogP contribution < -0.4 is 11.1 Å². The molecule has 1 aromatic rings. The van der Waals surface area contributed by atoms with Gasteiger partial charge >= 0.3 is 0 Å². The van der Waals surface area contributed by atoms with Crippen LogP contribution >= 0.6 is 11.3 Å². The molecule has 1 aliphatic rings. The summed E-state index contributed by atoms with van der Waals surface area (Å²) in [7, 11) is 0. The molecule has 3 N–H and O–H groups in total. The van der Waals surface area contributed by atoms with Gasteiger partial charge in [0.15, 0.2) is 0 Å². The third-order valence-corrected chi connectivity index (χ3v) is 4.43. The zero-order chi connectivity index (χ0) is 12.1. The Hall–Kier alpha value is -0.640. The maximum absolute atomic E-state index is 5.84. The number of nitrogens with one attached hydrogen (secondary N) is 1. The Morgan fingerprint density at radius 1 is 1.47 bits per heavy atom. The molecule has 0 saturated heterocycles. The molecule has 94 valence electrons. The first kappa shape index (κ1) is 12.8. The molecule has 0 radical (unpaired) electrons. The lowest BCUT2D eigenvalue weighted by atomic mass is 10.1. The van der Waals surface area contributed by atoms with Crippen molar-refractivity contribution < 1.29 is 0 Å². The summed E-state index contributed by atoms with van der Waals surface area (Å²) in [5.74, 6) is 0. The molecule has 1 aliphatic carbocycles. The Morgan fingerprint density at radius 3 is 2.94 bits per heavy atom. The van der Waals surface area contributed by atoms with E-state index in [1.54, 1.807) is 5.57 Å². The van der Waals surface area contributed by atoms with E-state index in [0.717, 1.165) is 6.54 Å². The summed E-state index contributed by atoms with van der Waals surface area (Å²) in [5, 5.41) is 3.57. The summed E-state index contributed by atoms with van der Waals surface area (Å²) in [4.78, 5) is 2.73. The van der Waals surface area contributed by atoms with Crippen molar-refractivity contribution in [1.29, 1.82) is 0 Å². The molecule has 3 heteroatoms. The molecule has 1 heterocycles. The average molecular weight is 250 g/mol. The maximum atomic E-state index is 5.84. The van der Waals surface area contributed by atoms with Crippen LogP contribution in [0.1, 0.15) is 41.5 Å². The fourth-order valence-corrected chi connectivity index (χ4v) is 3.28. The minimum absolute atomic E-state index is 0.329. The van der Waals surface area contributed by atoms with Crippen LogP contribution in [-0.4, -0.2) is 13.1 Å². The van der Waals surface area contributed by atoms with Crippen molar-refractivity contribution in [1.82, 2.24) is 5.32 Å². The zero-order valence-electron chi connectivity index (χ0n) is 10.5. The van der Waals surface area contributed by atoms with Crippen LogP contribution in [0.15, 0.2) is 23.8 Å².